The van der Waals surface area contributed by atoms with Crippen molar-refractivity contribution in [3.05, 3.63) is 24.3 Å². The van der Waals surface area contributed by atoms with Gasteiger partial charge in [0.15, 0.2) is 6.10 Å². The molecule has 0 heterocycles. The van der Waals surface area contributed by atoms with Gasteiger partial charge in [0.05, 0.1) is 13.2 Å². The number of unbranched alkanes of at least 4 members (excludes halogenated alkanes) is 52. The molecule has 480 valence electrons. The first-order chi connectivity index (χ1) is 39.8. The third-order valence-corrected chi connectivity index (χ3v) is 17.3. The summed E-state index contributed by atoms with van der Waals surface area (Å²) in [6.45, 7) is 3.82. The van der Waals surface area contributed by atoms with E-state index in [1.165, 1.54) is 321 Å². The fraction of sp³-hybridized carbons (Fsp3) is 0.915. The fourth-order valence-corrected chi connectivity index (χ4v) is 11.8. The van der Waals surface area contributed by atoms with E-state index in [2.05, 4.69) is 38.2 Å². The SMILES string of the molecule is CCCCCCCCCC/C=C\CCCCCCCCCCCCCCCCCCCCCCCCCCCC(=O)OC(COC(=O)CCCCCCCCCCCCC/C=C\CCCCCCCCCC)COP(=O)(O)OCCN. The summed E-state index contributed by atoms with van der Waals surface area (Å²) in [5.41, 5.74) is 5.40. The van der Waals surface area contributed by atoms with Crippen molar-refractivity contribution < 1.29 is 37.6 Å². The predicted molar refractivity (Wildman–Crippen MR) is 349 cm³/mol. The molecule has 81 heavy (non-hydrogen) atoms. The third kappa shape index (κ3) is 67.5. The summed E-state index contributed by atoms with van der Waals surface area (Å²) in [6.07, 6.45) is 82.9. The Bertz CT molecular complexity index is 1380. The maximum atomic E-state index is 12.8. The molecular formula is C71H138NO8P. The van der Waals surface area contributed by atoms with Crippen LogP contribution in [0, 0.1) is 0 Å². The van der Waals surface area contributed by atoms with Crippen molar-refractivity contribution in [2.45, 2.75) is 392 Å². The lowest BCUT2D eigenvalue weighted by Crippen LogP contribution is -2.29. The molecular weight excluding hydrogens is 1030 g/mol. The van der Waals surface area contributed by atoms with Crippen LogP contribution in [-0.4, -0.2) is 49.3 Å². The van der Waals surface area contributed by atoms with Crippen LogP contribution in [0.3, 0.4) is 0 Å². The molecule has 0 bridgehead atoms. The molecule has 0 aromatic rings. The summed E-state index contributed by atoms with van der Waals surface area (Å²) < 4.78 is 33.2. The van der Waals surface area contributed by atoms with Crippen LogP contribution in [0.2, 0.25) is 0 Å². The third-order valence-electron chi connectivity index (χ3n) is 16.3. The molecule has 0 aromatic carbocycles. The summed E-state index contributed by atoms with van der Waals surface area (Å²) in [6, 6.07) is 0. The molecule has 3 N–H and O–H groups in total. The number of ether oxygens (including phenoxy) is 2. The summed E-state index contributed by atoms with van der Waals surface area (Å²) in [5.74, 6) is -0.805. The largest absolute Gasteiger partial charge is 0.472 e. The van der Waals surface area contributed by atoms with E-state index in [0.717, 1.165) is 32.1 Å². The summed E-state index contributed by atoms with van der Waals surface area (Å²) in [4.78, 5) is 35.3. The number of carbonyl (C=O) groups is 2. The molecule has 10 heteroatoms. The molecule has 0 spiro atoms. The predicted octanol–water partition coefficient (Wildman–Crippen LogP) is 23.3. The van der Waals surface area contributed by atoms with Crippen molar-refractivity contribution in [1.82, 2.24) is 0 Å². The van der Waals surface area contributed by atoms with Gasteiger partial charge in [-0.2, -0.15) is 0 Å². The van der Waals surface area contributed by atoms with Crippen molar-refractivity contribution in [2.75, 3.05) is 26.4 Å². The molecule has 0 aliphatic rings. The van der Waals surface area contributed by atoms with Gasteiger partial charge in [-0.05, 0) is 64.2 Å². The van der Waals surface area contributed by atoms with Crippen molar-refractivity contribution in [3.63, 3.8) is 0 Å². The second-order valence-corrected chi connectivity index (χ2v) is 25.9. The zero-order valence-electron chi connectivity index (χ0n) is 54.1. The van der Waals surface area contributed by atoms with Gasteiger partial charge in [0, 0.05) is 19.4 Å². The zero-order chi connectivity index (χ0) is 58.7. The zero-order valence-corrected chi connectivity index (χ0v) is 55.0. The van der Waals surface area contributed by atoms with E-state index in [-0.39, 0.29) is 38.6 Å². The van der Waals surface area contributed by atoms with Crippen LogP contribution < -0.4 is 5.73 Å². The van der Waals surface area contributed by atoms with Crippen LogP contribution in [0.25, 0.3) is 0 Å². The molecule has 0 aromatic heterocycles. The lowest BCUT2D eigenvalue weighted by atomic mass is 10.0. The molecule has 0 aliphatic carbocycles. The van der Waals surface area contributed by atoms with Crippen LogP contribution in [0.4, 0.5) is 0 Å². The summed E-state index contributed by atoms with van der Waals surface area (Å²) in [5, 5.41) is 0. The summed E-state index contributed by atoms with van der Waals surface area (Å²) in [7, 11) is -4.39. The Kier molecular flexibility index (Phi) is 66.4. The normalized spacial score (nSPS) is 13.0. The number of hydrogen-bond acceptors (Lipinski definition) is 8. The highest BCUT2D eigenvalue weighted by molar-refractivity contribution is 7.47. The standard InChI is InChI=1S/C71H138NO8P/c1-3-5-7-9-11-13-15-17-19-21-23-25-27-28-29-30-31-32-33-34-35-36-37-38-39-40-42-44-46-48-50-52-54-56-58-60-62-64-71(74)80-69(68-79-81(75,76)78-66-65-72)67-77-70(73)63-61-59-57-55-53-51-49-47-45-43-41-26-24-22-20-18-16-14-12-10-8-6-4-2/h21-24,69H,3-20,25-68,72H2,1-2H3,(H,75,76)/b23-21-,24-22-. The van der Waals surface area contributed by atoms with Gasteiger partial charge in [0.2, 0.25) is 0 Å². The quantitative estimate of drug-likeness (QED) is 0.0264. The average Bonchev–Trinajstić information content (AvgIpc) is 3.46. The maximum absolute atomic E-state index is 12.8. The van der Waals surface area contributed by atoms with Gasteiger partial charge in [-0.3, -0.25) is 18.6 Å². The average molecular weight is 1160 g/mol. The maximum Gasteiger partial charge on any atom is 0.472 e. The molecule has 0 rings (SSSR count). The molecule has 2 unspecified atom stereocenters. The van der Waals surface area contributed by atoms with Crippen LogP contribution in [-0.2, 0) is 32.7 Å². The van der Waals surface area contributed by atoms with E-state index in [9.17, 15) is 19.0 Å². The topological polar surface area (TPSA) is 134 Å². The Hall–Kier alpha value is -1.51. The first kappa shape index (κ1) is 79.5. The number of rotatable bonds is 69. The molecule has 0 saturated heterocycles. The first-order valence-corrected chi connectivity index (χ1v) is 37.3. The molecule has 0 fully saturated rings. The van der Waals surface area contributed by atoms with Crippen molar-refractivity contribution in [3.8, 4) is 0 Å². The van der Waals surface area contributed by atoms with Gasteiger partial charge in [0.1, 0.15) is 6.61 Å². The van der Waals surface area contributed by atoms with Crippen LogP contribution in [0.15, 0.2) is 24.3 Å². The van der Waals surface area contributed by atoms with Gasteiger partial charge in [-0.15, -0.1) is 0 Å². The number of phosphoric acid groups is 1. The van der Waals surface area contributed by atoms with E-state index in [4.69, 9.17) is 24.3 Å². The molecule has 0 aliphatic heterocycles. The highest BCUT2D eigenvalue weighted by Crippen LogP contribution is 2.43. The van der Waals surface area contributed by atoms with Gasteiger partial charge >= 0.3 is 19.8 Å². The molecule has 2 atom stereocenters. The Labute approximate surface area is 503 Å². The monoisotopic (exact) mass is 1160 g/mol. The number of allylic oxidation sites excluding steroid dienone is 4. The van der Waals surface area contributed by atoms with Crippen molar-refractivity contribution in [2.24, 2.45) is 5.73 Å². The second-order valence-electron chi connectivity index (χ2n) is 24.5. The highest BCUT2D eigenvalue weighted by Gasteiger charge is 2.26. The minimum Gasteiger partial charge on any atom is -0.462 e. The number of nitrogens with two attached hydrogens (primary N) is 1. The van der Waals surface area contributed by atoms with E-state index >= 15 is 0 Å². The Morgan fingerprint density at radius 2 is 0.605 bits per heavy atom. The molecule has 9 nitrogen and oxygen atoms in total. The fourth-order valence-electron chi connectivity index (χ4n) is 11.0. The van der Waals surface area contributed by atoms with Crippen molar-refractivity contribution in [1.29, 1.82) is 0 Å². The lowest BCUT2D eigenvalue weighted by Gasteiger charge is -2.19. The molecule has 0 amide bonds. The van der Waals surface area contributed by atoms with Gasteiger partial charge < -0.3 is 20.1 Å². The Morgan fingerprint density at radius 3 is 0.877 bits per heavy atom. The summed E-state index contributed by atoms with van der Waals surface area (Å²) >= 11 is 0. The van der Waals surface area contributed by atoms with E-state index in [1.54, 1.807) is 0 Å². The number of esters is 2. The number of phosphoric ester groups is 1. The number of hydrogen-bond donors (Lipinski definition) is 2. The van der Waals surface area contributed by atoms with E-state index < -0.39 is 26.5 Å². The molecule has 0 radical (unpaired) electrons. The minimum atomic E-state index is -4.39. The van der Waals surface area contributed by atoms with E-state index in [0.29, 0.717) is 6.42 Å². The van der Waals surface area contributed by atoms with Crippen LogP contribution >= 0.6 is 7.82 Å². The lowest BCUT2D eigenvalue weighted by molar-refractivity contribution is -0.161. The van der Waals surface area contributed by atoms with Crippen molar-refractivity contribution >= 4 is 19.8 Å². The van der Waals surface area contributed by atoms with Gasteiger partial charge in [-0.1, -0.05) is 334 Å². The Balaban J connectivity index is 3.77. The minimum absolute atomic E-state index is 0.0565. The smallest absolute Gasteiger partial charge is 0.462 e. The van der Waals surface area contributed by atoms with E-state index in [1.807, 2.05) is 0 Å². The first-order valence-electron chi connectivity index (χ1n) is 35.8. The second kappa shape index (κ2) is 67.6. The van der Waals surface area contributed by atoms with Gasteiger partial charge in [-0.25, -0.2) is 4.57 Å². The van der Waals surface area contributed by atoms with Crippen LogP contribution in [0.1, 0.15) is 386 Å². The Morgan fingerprint density at radius 1 is 0.358 bits per heavy atom. The van der Waals surface area contributed by atoms with Crippen LogP contribution in [0.5, 0.6) is 0 Å². The molecule has 0 saturated carbocycles. The number of carbonyl (C=O) groups excluding carboxylic acids is 2. The highest BCUT2D eigenvalue weighted by atomic mass is 31.2. The van der Waals surface area contributed by atoms with Gasteiger partial charge in [0.25, 0.3) is 0 Å².